The van der Waals surface area contributed by atoms with Crippen LogP contribution in [0.4, 0.5) is 9.18 Å². The average molecular weight is 1340 g/mol. The number of halogens is 1. The SMILES string of the molecule is NC(=O)C[C@H]1NC(=O)[C@@H](NC(=O)COCCOCCOCCNC(=O)CCCC[C@H]2SC[C@H]3NC(=O)N[C@H]32)Cc2cn(nn2)CCCC[C@@H](C(N)=O)NC(=O)[C@@H](CCCN=C(N)N)NC(=O)[C@H](Cc2ccc(F)cc2)NC(=O)[C@@H](CC2=CCC=N2)NC(=O)[C@@H](CO)NC1=O. The highest BCUT2D eigenvalue weighted by atomic mass is 32.2. The van der Waals surface area contributed by atoms with Gasteiger partial charge in [0.25, 0.3) is 0 Å². The summed E-state index contributed by atoms with van der Waals surface area (Å²) < 4.78 is 32.1. The summed E-state index contributed by atoms with van der Waals surface area (Å²) in [6, 6.07) is -5.94. The largest absolute Gasteiger partial charge is 0.394 e. The third kappa shape index (κ3) is 25.9. The molecule has 516 valence electrons. The van der Waals surface area contributed by atoms with E-state index in [1.165, 1.54) is 29.2 Å². The number of nitrogens with zero attached hydrogens (tertiary/aromatic N) is 5. The second-order valence-electron chi connectivity index (χ2n) is 22.6. The number of hydrogen-bond donors (Lipinski definition) is 15. The maximum atomic E-state index is 14.5. The molecule has 19 N–H and O–H groups in total. The number of unbranched alkanes of at least 4 members (excludes halogenated alkanes) is 1. The summed E-state index contributed by atoms with van der Waals surface area (Å²) >= 11 is 1.83. The number of fused-ring (bicyclic) bond motifs is 3. The number of guanidine groups is 1. The minimum Gasteiger partial charge on any atom is -0.394 e. The van der Waals surface area contributed by atoms with Gasteiger partial charge in [-0.05, 0) is 62.6 Å². The summed E-state index contributed by atoms with van der Waals surface area (Å²) in [6.07, 6.45) is 6.69. The van der Waals surface area contributed by atoms with Crippen molar-refractivity contribution in [1.29, 1.82) is 0 Å². The minimum atomic E-state index is -1.88. The number of rotatable bonds is 29. The van der Waals surface area contributed by atoms with E-state index in [0.29, 0.717) is 42.3 Å². The summed E-state index contributed by atoms with van der Waals surface area (Å²) in [7, 11) is 0. The lowest BCUT2D eigenvalue weighted by Crippen LogP contribution is -2.61. The molecule has 0 spiro atoms. The van der Waals surface area contributed by atoms with Crippen molar-refractivity contribution in [2.45, 2.75) is 156 Å². The number of urea groups is 1. The number of amides is 12. The molecule has 2 bridgehead atoms. The van der Waals surface area contributed by atoms with Gasteiger partial charge in [0.05, 0.1) is 63.8 Å². The van der Waals surface area contributed by atoms with Gasteiger partial charge in [-0.15, -0.1) is 5.10 Å². The zero-order chi connectivity index (χ0) is 67.9. The van der Waals surface area contributed by atoms with Gasteiger partial charge in [-0.1, -0.05) is 29.8 Å². The molecule has 5 heterocycles. The number of aromatic nitrogens is 3. The lowest BCUT2D eigenvalue weighted by molar-refractivity contribution is -0.137. The van der Waals surface area contributed by atoms with Crippen LogP contribution in [0.2, 0.25) is 0 Å². The highest BCUT2D eigenvalue weighted by Gasteiger charge is 2.43. The van der Waals surface area contributed by atoms with Crippen LogP contribution in [0.15, 0.2) is 52.2 Å². The van der Waals surface area contributed by atoms with Crippen LogP contribution in [0.1, 0.15) is 88.3 Å². The molecule has 0 saturated carbocycles. The molecule has 2 saturated heterocycles. The number of aliphatic hydroxyl groups excluding tert-OH is 1. The lowest BCUT2D eigenvalue weighted by Gasteiger charge is -2.27. The summed E-state index contributed by atoms with van der Waals surface area (Å²) in [5, 5.41) is 45.3. The van der Waals surface area contributed by atoms with Gasteiger partial charge in [0, 0.05) is 80.8 Å². The molecule has 10 atom stereocenters. The number of aliphatic hydroxyl groups is 1. The molecule has 12 amide bonds. The summed E-state index contributed by atoms with van der Waals surface area (Å²) in [5.41, 5.74) is 23.2. The highest BCUT2D eigenvalue weighted by Crippen LogP contribution is 2.33. The van der Waals surface area contributed by atoms with Gasteiger partial charge in [0.2, 0.25) is 59.1 Å². The molecule has 1 aromatic carbocycles. The number of ether oxygens (including phenoxy) is 3. The second kappa shape index (κ2) is 39.0. The van der Waals surface area contributed by atoms with E-state index in [2.05, 4.69) is 73.5 Å². The van der Waals surface area contributed by atoms with E-state index in [9.17, 15) is 62.2 Å². The maximum absolute atomic E-state index is 14.5. The van der Waals surface area contributed by atoms with Gasteiger partial charge >= 0.3 is 6.03 Å². The van der Waals surface area contributed by atoms with Crippen molar-refractivity contribution in [3.63, 3.8) is 0 Å². The Kier molecular flexibility index (Phi) is 30.8. The van der Waals surface area contributed by atoms with Crippen molar-refractivity contribution in [1.82, 2.24) is 68.2 Å². The molecule has 4 aliphatic rings. The third-order valence-electron chi connectivity index (χ3n) is 15.2. The van der Waals surface area contributed by atoms with Gasteiger partial charge in [0.1, 0.15) is 54.7 Å². The Balaban J connectivity index is 1.11. The van der Waals surface area contributed by atoms with E-state index in [-0.39, 0.29) is 127 Å². The first-order valence-corrected chi connectivity index (χ1v) is 32.1. The third-order valence-corrected chi connectivity index (χ3v) is 16.8. The Labute approximate surface area is 545 Å². The zero-order valence-electron chi connectivity index (χ0n) is 52.0. The average Bonchev–Trinajstić information content (AvgIpc) is 1.65. The van der Waals surface area contributed by atoms with Crippen LogP contribution in [0, 0.1) is 5.82 Å². The van der Waals surface area contributed by atoms with Crippen LogP contribution in [0.25, 0.3) is 0 Å². The fourth-order valence-corrected chi connectivity index (χ4v) is 11.9. The fourth-order valence-electron chi connectivity index (χ4n) is 10.4. The van der Waals surface area contributed by atoms with Gasteiger partial charge in [-0.25, -0.2) is 9.18 Å². The lowest BCUT2D eigenvalue weighted by atomic mass is 10.0. The number of nitrogens with one attached hydrogen (secondary N) is 10. The molecule has 0 aliphatic carbocycles. The van der Waals surface area contributed by atoms with E-state index in [1.807, 2.05) is 11.8 Å². The monoisotopic (exact) mass is 1340 g/mol. The van der Waals surface area contributed by atoms with Crippen LogP contribution in [0.5, 0.6) is 0 Å². The first-order valence-electron chi connectivity index (χ1n) is 31.0. The van der Waals surface area contributed by atoms with E-state index >= 15 is 0 Å². The molecule has 2 fully saturated rings. The van der Waals surface area contributed by atoms with E-state index in [4.69, 9.17) is 37.1 Å². The molecule has 36 heteroatoms. The molecule has 4 aliphatic heterocycles. The Morgan fingerprint density at radius 1 is 0.723 bits per heavy atom. The van der Waals surface area contributed by atoms with Crippen molar-refractivity contribution in [3.05, 3.63) is 59.3 Å². The number of allylic oxidation sites excluding steroid dienone is 1. The topological polar surface area (TPSA) is 515 Å². The van der Waals surface area contributed by atoms with Gasteiger partial charge in [-0.2, -0.15) is 11.8 Å². The standard InChI is InChI=1S/C58H86FN19O15S/c59-34-14-12-33(13-15-34)25-39-52(85)69-38(9-6-17-66-57(62)63)51(84)68-37(50(61)83)8-3-4-19-78-29-36(76-77-78)27-40(53(86)72-42(28-46(60)80)55(88)73-43(30-79)56(89)71-41(54(87)70-39)26-35-7-5-16-64-35)67-48(82)31-93-24-23-92-22-21-91-20-18-65-47(81)11-2-1-10-45-49-44(32-94-45)74-58(90)75-49/h7,12-16,29,37-45,49,79H,1-6,8-11,17-28,30-32H2,(H2,60,80)(H2,61,83)(H,65,81)(H,67,82)(H,68,84)(H,69,85)(H,70,87)(H,71,89)(H,72,86)(H,73,88)(H4,62,63,66)(H2,74,75,90)/t37-,38+,39-,40-,41+,42+,43+,44+,45+,49+/m0/s1. The normalized spacial score (nSPS) is 24.1. The summed E-state index contributed by atoms with van der Waals surface area (Å²) in [6.45, 7) is -0.597. The van der Waals surface area contributed by atoms with Crippen LogP contribution in [-0.2, 0) is 81.5 Å². The molecular formula is C58H86FN19O15S. The van der Waals surface area contributed by atoms with Crippen molar-refractivity contribution in [3.8, 4) is 0 Å². The number of nitrogens with two attached hydrogens (primary N) is 4. The van der Waals surface area contributed by atoms with Crippen LogP contribution in [-0.4, -0.2) is 222 Å². The Morgan fingerprint density at radius 3 is 2.07 bits per heavy atom. The first kappa shape index (κ1) is 74.2. The van der Waals surface area contributed by atoms with E-state index < -0.39 is 121 Å². The van der Waals surface area contributed by atoms with Crippen molar-refractivity contribution < 1.29 is 76.4 Å². The smallest absolute Gasteiger partial charge is 0.315 e. The summed E-state index contributed by atoms with van der Waals surface area (Å²) in [5.74, 6) is -9.04. The number of hydrogen-bond acceptors (Lipinski definition) is 20. The van der Waals surface area contributed by atoms with Gasteiger partial charge in [-0.3, -0.25) is 62.6 Å². The number of carbonyl (C=O) groups excluding carboxylic acids is 11. The van der Waals surface area contributed by atoms with E-state index in [0.717, 1.165) is 37.1 Å². The molecule has 34 nitrogen and oxygen atoms in total. The molecule has 0 radical (unpaired) electrons. The minimum absolute atomic E-state index is 0.0105. The number of thioether (sulfide) groups is 1. The molecular weight excluding hydrogens is 1250 g/mol. The Hall–Kier alpha value is -8.87. The van der Waals surface area contributed by atoms with Gasteiger partial charge < -0.3 is 95.4 Å². The highest BCUT2D eigenvalue weighted by molar-refractivity contribution is 8.00. The van der Waals surface area contributed by atoms with Crippen molar-refractivity contribution in [2.75, 3.05) is 65.1 Å². The predicted molar refractivity (Wildman–Crippen MR) is 336 cm³/mol. The number of primary amides is 2. The fraction of sp³-hybridized carbons (Fsp3) is 0.603. The quantitative estimate of drug-likeness (QED) is 0.0157. The van der Waals surface area contributed by atoms with Crippen molar-refractivity contribution in [2.24, 2.45) is 32.9 Å². The molecule has 2 aromatic rings. The van der Waals surface area contributed by atoms with Crippen LogP contribution in [0.3, 0.4) is 0 Å². The van der Waals surface area contributed by atoms with Crippen LogP contribution < -0.4 is 76.1 Å². The van der Waals surface area contributed by atoms with Gasteiger partial charge in [0.15, 0.2) is 5.96 Å². The summed E-state index contributed by atoms with van der Waals surface area (Å²) in [4.78, 5) is 156. The molecule has 1 aromatic heterocycles. The number of aryl methyl sites for hydroxylation is 1. The first-order chi connectivity index (χ1) is 45.1. The molecule has 6 rings (SSSR count). The maximum Gasteiger partial charge on any atom is 0.315 e. The number of carbonyl (C=O) groups is 11. The van der Waals surface area contributed by atoms with E-state index in [1.54, 1.807) is 6.08 Å². The Morgan fingerprint density at radius 2 is 1.38 bits per heavy atom. The number of aliphatic imine (C=N–C) groups is 2. The number of benzene rings is 1. The van der Waals surface area contributed by atoms with Crippen molar-refractivity contribution >= 4 is 89.0 Å². The molecule has 0 unspecified atom stereocenters. The second-order valence-corrected chi connectivity index (χ2v) is 23.9. The molecule has 94 heavy (non-hydrogen) atoms. The Bertz CT molecular complexity index is 3030. The van der Waals surface area contributed by atoms with Crippen LogP contribution >= 0.6 is 11.8 Å². The zero-order valence-corrected chi connectivity index (χ0v) is 52.8. The predicted octanol–water partition coefficient (Wildman–Crippen LogP) is -5.17.